The van der Waals surface area contributed by atoms with Crippen molar-refractivity contribution in [3.8, 4) is 0 Å². The number of hydrogen-bond donors (Lipinski definition) is 1. The molecular weight excluding hydrogens is 322 g/mol. The van der Waals surface area contributed by atoms with Crippen LogP contribution in [0, 0.1) is 0 Å². The van der Waals surface area contributed by atoms with E-state index in [1.807, 2.05) is 67.6 Å². The summed E-state index contributed by atoms with van der Waals surface area (Å²) in [5.74, 6) is -0.269. The molecule has 1 fully saturated rings. The van der Waals surface area contributed by atoms with Crippen LogP contribution in [0.2, 0.25) is 0 Å². The second kappa shape index (κ2) is 7.09. The van der Waals surface area contributed by atoms with Gasteiger partial charge in [0.05, 0.1) is 6.04 Å². The van der Waals surface area contributed by atoms with E-state index in [1.165, 1.54) is 4.90 Å². The molecule has 5 heteroatoms. The van der Waals surface area contributed by atoms with E-state index < -0.39 is 12.2 Å². The summed E-state index contributed by atoms with van der Waals surface area (Å²) in [5, 5.41) is -0.255. The zero-order chi connectivity index (χ0) is 17.1. The average Bonchev–Trinajstić information content (AvgIpc) is 2.91. The van der Waals surface area contributed by atoms with Crippen LogP contribution >= 0.6 is 12.6 Å². The van der Waals surface area contributed by atoms with Crippen LogP contribution in [0.15, 0.2) is 60.7 Å². The van der Waals surface area contributed by atoms with E-state index >= 15 is 0 Å². The number of thiol groups is 1. The molecule has 0 aromatic heterocycles. The third kappa shape index (κ3) is 3.31. The van der Waals surface area contributed by atoms with E-state index in [1.54, 1.807) is 0 Å². The largest absolute Gasteiger partial charge is 0.439 e. The number of carbonyl (C=O) groups is 2. The standard InChI is InChI=1S/C19H19NO3S/c1-13-18(15-10-6-3-7-11-15)23-19(22)20(13)17(21)12-16(24)14-8-4-2-5-9-14/h2-11,13,16,18,24H,12H2,1H3/t13-,16-,18-/m0/s1. The van der Waals surface area contributed by atoms with Crippen molar-refractivity contribution in [3.05, 3.63) is 71.8 Å². The lowest BCUT2D eigenvalue weighted by Gasteiger charge is -2.21. The monoisotopic (exact) mass is 341 g/mol. The number of benzene rings is 2. The van der Waals surface area contributed by atoms with Crippen LogP contribution in [0.3, 0.4) is 0 Å². The van der Waals surface area contributed by atoms with E-state index in [2.05, 4.69) is 12.6 Å². The Morgan fingerprint density at radius 2 is 1.71 bits per heavy atom. The van der Waals surface area contributed by atoms with Crippen LogP contribution < -0.4 is 0 Å². The predicted molar refractivity (Wildman–Crippen MR) is 94.8 cm³/mol. The molecule has 2 amide bonds. The minimum Gasteiger partial charge on any atom is -0.439 e. The minimum absolute atomic E-state index is 0.147. The number of hydrogen-bond acceptors (Lipinski definition) is 4. The molecule has 1 aliphatic heterocycles. The van der Waals surface area contributed by atoms with Crippen LogP contribution in [-0.2, 0) is 9.53 Å². The Bertz CT molecular complexity index is 720. The fourth-order valence-corrected chi connectivity index (χ4v) is 3.27. The minimum atomic E-state index is -0.588. The topological polar surface area (TPSA) is 46.6 Å². The van der Waals surface area contributed by atoms with Gasteiger partial charge in [0.2, 0.25) is 5.91 Å². The summed E-state index contributed by atoms with van der Waals surface area (Å²) in [6.45, 7) is 1.83. The first-order valence-corrected chi connectivity index (χ1v) is 8.40. The van der Waals surface area contributed by atoms with Gasteiger partial charge in [-0.1, -0.05) is 60.7 Å². The molecule has 0 unspecified atom stereocenters. The molecule has 1 saturated heterocycles. The quantitative estimate of drug-likeness (QED) is 0.850. The molecule has 0 radical (unpaired) electrons. The number of cyclic esters (lactones) is 1. The number of imide groups is 1. The molecular formula is C19H19NO3S. The van der Waals surface area contributed by atoms with Gasteiger partial charge in [0.1, 0.15) is 6.10 Å². The lowest BCUT2D eigenvalue weighted by molar-refractivity contribution is -0.129. The van der Waals surface area contributed by atoms with Crippen molar-refractivity contribution >= 4 is 24.6 Å². The van der Waals surface area contributed by atoms with Crippen molar-refractivity contribution in [1.82, 2.24) is 4.90 Å². The van der Waals surface area contributed by atoms with Gasteiger partial charge in [-0.2, -0.15) is 12.6 Å². The highest BCUT2D eigenvalue weighted by Gasteiger charge is 2.43. The normalized spacial score (nSPS) is 21.4. The van der Waals surface area contributed by atoms with Gasteiger partial charge in [0.25, 0.3) is 0 Å². The molecule has 4 nitrogen and oxygen atoms in total. The third-order valence-corrected chi connectivity index (χ3v) is 4.70. The molecule has 124 valence electrons. The van der Waals surface area contributed by atoms with Crippen molar-refractivity contribution < 1.29 is 14.3 Å². The van der Waals surface area contributed by atoms with Crippen molar-refractivity contribution in [2.75, 3.05) is 0 Å². The van der Waals surface area contributed by atoms with Gasteiger partial charge in [-0.05, 0) is 18.1 Å². The van der Waals surface area contributed by atoms with Gasteiger partial charge < -0.3 is 4.74 Å². The molecule has 1 aliphatic rings. The Labute approximate surface area is 146 Å². The average molecular weight is 341 g/mol. The van der Waals surface area contributed by atoms with Gasteiger partial charge in [-0.25, -0.2) is 9.69 Å². The molecule has 2 aromatic carbocycles. The van der Waals surface area contributed by atoms with E-state index in [-0.39, 0.29) is 23.6 Å². The maximum Gasteiger partial charge on any atom is 0.417 e. The van der Waals surface area contributed by atoms with Crippen molar-refractivity contribution in [3.63, 3.8) is 0 Å². The highest BCUT2D eigenvalue weighted by molar-refractivity contribution is 7.80. The molecule has 2 aromatic rings. The van der Waals surface area contributed by atoms with Crippen molar-refractivity contribution in [2.24, 2.45) is 0 Å². The van der Waals surface area contributed by atoms with E-state index in [4.69, 9.17) is 4.74 Å². The molecule has 0 aliphatic carbocycles. The third-order valence-electron chi connectivity index (χ3n) is 4.22. The molecule has 0 spiro atoms. The summed E-state index contributed by atoms with van der Waals surface area (Å²) in [7, 11) is 0. The van der Waals surface area contributed by atoms with E-state index in [0.717, 1.165) is 11.1 Å². The second-order valence-electron chi connectivity index (χ2n) is 5.85. The molecule has 24 heavy (non-hydrogen) atoms. The summed E-state index contributed by atoms with van der Waals surface area (Å²) in [4.78, 5) is 26.0. The molecule has 0 N–H and O–H groups in total. The van der Waals surface area contributed by atoms with Crippen molar-refractivity contribution in [2.45, 2.75) is 30.7 Å². The molecule has 3 rings (SSSR count). The van der Waals surface area contributed by atoms with Crippen LogP contribution in [0.25, 0.3) is 0 Å². The number of amides is 2. The SMILES string of the molecule is C[C@H]1[C@@H](c2ccccc2)OC(=O)N1C(=O)C[C@H](S)c1ccccc1. The Kier molecular flexibility index (Phi) is 4.90. The highest BCUT2D eigenvalue weighted by Crippen LogP contribution is 2.34. The van der Waals surface area contributed by atoms with Crippen LogP contribution in [0.4, 0.5) is 4.79 Å². The molecule has 0 saturated carbocycles. The van der Waals surface area contributed by atoms with E-state index in [9.17, 15) is 9.59 Å². The predicted octanol–water partition coefficient (Wildman–Crippen LogP) is 4.16. The summed E-state index contributed by atoms with van der Waals surface area (Å²) < 4.78 is 5.42. The Balaban J connectivity index is 1.72. The number of carbonyl (C=O) groups excluding carboxylic acids is 2. The summed E-state index contributed by atoms with van der Waals surface area (Å²) >= 11 is 4.50. The molecule has 3 atom stereocenters. The second-order valence-corrected chi connectivity index (χ2v) is 6.47. The fourth-order valence-electron chi connectivity index (χ4n) is 2.94. The van der Waals surface area contributed by atoms with Crippen LogP contribution in [0.5, 0.6) is 0 Å². The smallest absolute Gasteiger partial charge is 0.417 e. The van der Waals surface area contributed by atoms with Crippen molar-refractivity contribution in [1.29, 1.82) is 0 Å². The maximum atomic E-state index is 12.6. The lowest BCUT2D eigenvalue weighted by Crippen LogP contribution is -2.38. The van der Waals surface area contributed by atoms with Gasteiger partial charge >= 0.3 is 6.09 Å². The zero-order valence-electron chi connectivity index (χ0n) is 13.3. The van der Waals surface area contributed by atoms with Crippen LogP contribution in [-0.4, -0.2) is 22.9 Å². The Hall–Kier alpha value is -2.27. The Morgan fingerprint density at radius 3 is 2.33 bits per heavy atom. The van der Waals surface area contributed by atoms with Gasteiger partial charge in [0, 0.05) is 11.7 Å². The highest BCUT2D eigenvalue weighted by atomic mass is 32.1. The lowest BCUT2D eigenvalue weighted by atomic mass is 10.0. The first-order chi connectivity index (χ1) is 11.6. The zero-order valence-corrected chi connectivity index (χ0v) is 14.2. The van der Waals surface area contributed by atoms with Gasteiger partial charge in [-0.3, -0.25) is 4.79 Å². The van der Waals surface area contributed by atoms with Gasteiger partial charge in [-0.15, -0.1) is 0 Å². The number of rotatable bonds is 4. The summed E-state index contributed by atoms with van der Waals surface area (Å²) in [5.41, 5.74) is 1.84. The van der Waals surface area contributed by atoms with E-state index in [0.29, 0.717) is 0 Å². The summed E-state index contributed by atoms with van der Waals surface area (Å²) in [6, 6.07) is 18.7. The van der Waals surface area contributed by atoms with Crippen LogP contribution in [0.1, 0.15) is 35.8 Å². The maximum absolute atomic E-state index is 12.6. The Morgan fingerprint density at radius 1 is 1.12 bits per heavy atom. The summed E-state index contributed by atoms with van der Waals surface area (Å²) in [6.07, 6.45) is -0.874. The molecule has 1 heterocycles. The first-order valence-electron chi connectivity index (χ1n) is 7.88. The van der Waals surface area contributed by atoms with Gasteiger partial charge in [0.15, 0.2) is 0 Å². The first kappa shape index (κ1) is 16.6. The number of ether oxygens (including phenoxy) is 1. The molecule has 0 bridgehead atoms. The fraction of sp³-hybridized carbons (Fsp3) is 0.263. The number of nitrogens with zero attached hydrogens (tertiary/aromatic N) is 1.